The zero-order valence-electron chi connectivity index (χ0n) is 10.9. The average Bonchev–Trinajstić information content (AvgIpc) is 2.30. The van der Waals surface area contributed by atoms with Crippen molar-refractivity contribution in [1.82, 2.24) is 10.6 Å². The molecule has 0 saturated heterocycles. The molecule has 0 aliphatic heterocycles. The largest absolute Gasteiger partial charge is 0.355 e. The van der Waals surface area contributed by atoms with Gasteiger partial charge in [-0.15, -0.1) is 0 Å². The summed E-state index contributed by atoms with van der Waals surface area (Å²) in [6, 6.07) is 0. The smallest absolute Gasteiger partial charge is 0.239 e. The molecule has 0 radical (unpaired) electrons. The second-order valence-corrected chi connectivity index (χ2v) is 5.42. The van der Waals surface area contributed by atoms with Crippen LogP contribution < -0.4 is 10.6 Å². The van der Waals surface area contributed by atoms with Gasteiger partial charge in [-0.05, 0) is 33.2 Å². The SMILES string of the molecule is CNC(C)(C)C(=O)NCCC1CCCCC1. The fraction of sp³-hybridized carbons (Fsp3) is 0.923. The van der Waals surface area contributed by atoms with Crippen molar-refractivity contribution in [2.45, 2.75) is 57.9 Å². The second-order valence-electron chi connectivity index (χ2n) is 5.42. The lowest BCUT2D eigenvalue weighted by molar-refractivity contribution is -0.126. The third kappa shape index (κ3) is 4.12. The normalized spacial score (nSPS) is 18.4. The highest BCUT2D eigenvalue weighted by atomic mass is 16.2. The highest BCUT2D eigenvalue weighted by molar-refractivity contribution is 5.85. The van der Waals surface area contributed by atoms with Gasteiger partial charge in [0.05, 0.1) is 5.54 Å². The number of hydrogen-bond acceptors (Lipinski definition) is 2. The lowest BCUT2D eigenvalue weighted by Crippen LogP contribution is -2.51. The van der Waals surface area contributed by atoms with Crippen LogP contribution in [0.3, 0.4) is 0 Å². The Morgan fingerprint density at radius 1 is 1.25 bits per heavy atom. The summed E-state index contributed by atoms with van der Waals surface area (Å²) in [7, 11) is 1.82. The highest BCUT2D eigenvalue weighted by Gasteiger charge is 2.24. The summed E-state index contributed by atoms with van der Waals surface area (Å²) in [5.41, 5.74) is -0.452. The Morgan fingerprint density at radius 2 is 1.88 bits per heavy atom. The van der Waals surface area contributed by atoms with Gasteiger partial charge in [0.2, 0.25) is 5.91 Å². The molecule has 1 saturated carbocycles. The van der Waals surface area contributed by atoms with Gasteiger partial charge in [0, 0.05) is 6.54 Å². The van der Waals surface area contributed by atoms with E-state index in [1.165, 1.54) is 32.1 Å². The molecule has 0 aromatic rings. The maximum absolute atomic E-state index is 11.8. The molecule has 0 heterocycles. The van der Waals surface area contributed by atoms with E-state index in [0.717, 1.165) is 18.9 Å². The molecular formula is C13H26N2O. The molecule has 0 atom stereocenters. The van der Waals surface area contributed by atoms with Crippen LogP contribution in [0.2, 0.25) is 0 Å². The summed E-state index contributed by atoms with van der Waals surface area (Å²) in [4.78, 5) is 11.8. The predicted octanol–water partition coefficient (Wildman–Crippen LogP) is 2.07. The molecule has 1 fully saturated rings. The minimum absolute atomic E-state index is 0.103. The van der Waals surface area contributed by atoms with Crippen LogP contribution in [0, 0.1) is 5.92 Å². The molecule has 0 spiro atoms. The van der Waals surface area contributed by atoms with Crippen molar-refractivity contribution >= 4 is 5.91 Å². The van der Waals surface area contributed by atoms with E-state index in [1.54, 1.807) is 0 Å². The lowest BCUT2D eigenvalue weighted by Gasteiger charge is -2.25. The summed E-state index contributed by atoms with van der Waals surface area (Å²) in [5, 5.41) is 6.04. The maximum atomic E-state index is 11.8. The number of carbonyl (C=O) groups excluding carboxylic acids is 1. The van der Waals surface area contributed by atoms with Gasteiger partial charge in [-0.2, -0.15) is 0 Å². The molecule has 1 rings (SSSR count). The Kier molecular flexibility index (Phi) is 5.26. The van der Waals surface area contributed by atoms with Crippen LogP contribution in [0.4, 0.5) is 0 Å². The third-order valence-corrected chi connectivity index (χ3v) is 3.76. The van der Waals surface area contributed by atoms with E-state index in [-0.39, 0.29) is 5.91 Å². The first kappa shape index (κ1) is 13.5. The van der Waals surface area contributed by atoms with Gasteiger partial charge < -0.3 is 10.6 Å². The molecule has 1 aliphatic carbocycles. The first-order valence-corrected chi connectivity index (χ1v) is 6.53. The molecule has 0 aromatic carbocycles. The number of carbonyl (C=O) groups is 1. The minimum atomic E-state index is -0.452. The van der Waals surface area contributed by atoms with Gasteiger partial charge in [0.15, 0.2) is 0 Å². The Morgan fingerprint density at radius 3 is 2.44 bits per heavy atom. The van der Waals surface area contributed by atoms with Crippen LogP contribution in [-0.4, -0.2) is 25.0 Å². The predicted molar refractivity (Wildman–Crippen MR) is 67.3 cm³/mol. The Hall–Kier alpha value is -0.570. The second kappa shape index (κ2) is 6.24. The van der Waals surface area contributed by atoms with Gasteiger partial charge in [-0.25, -0.2) is 0 Å². The molecule has 0 aromatic heterocycles. The molecule has 16 heavy (non-hydrogen) atoms. The van der Waals surface area contributed by atoms with Gasteiger partial charge in [-0.3, -0.25) is 4.79 Å². The van der Waals surface area contributed by atoms with Crippen LogP contribution in [0.15, 0.2) is 0 Å². The van der Waals surface area contributed by atoms with Crippen LogP contribution in [0.5, 0.6) is 0 Å². The zero-order valence-corrected chi connectivity index (χ0v) is 10.9. The van der Waals surface area contributed by atoms with Crippen LogP contribution in [-0.2, 0) is 4.79 Å². The number of likely N-dealkylation sites (N-methyl/N-ethyl adjacent to an activating group) is 1. The van der Waals surface area contributed by atoms with Crippen molar-refractivity contribution in [3.05, 3.63) is 0 Å². The minimum Gasteiger partial charge on any atom is -0.355 e. The molecule has 0 unspecified atom stereocenters. The van der Waals surface area contributed by atoms with Crippen LogP contribution in [0.25, 0.3) is 0 Å². The van der Waals surface area contributed by atoms with E-state index in [1.807, 2.05) is 20.9 Å². The van der Waals surface area contributed by atoms with Crippen molar-refractivity contribution in [1.29, 1.82) is 0 Å². The first-order chi connectivity index (χ1) is 7.56. The number of rotatable bonds is 5. The van der Waals surface area contributed by atoms with Gasteiger partial charge >= 0.3 is 0 Å². The van der Waals surface area contributed by atoms with Crippen LogP contribution >= 0.6 is 0 Å². The van der Waals surface area contributed by atoms with Crippen molar-refractivity contribution < 1.29 is 4.79 Å². The number of amides is 1. The highest BCUT2D eigenvalue weighted by Crippen LogP contribution is 2.25. The van der Waals surface area contributed by atoms with Gasteiger partial charge in [-0.1, -0.05) is 32.1 Å². The summed E-state index contributed by atoms with van der Waals surface area (Å²) in [6.45, 7) is 4.64. The van der Waals surface area contributed by atoms with E-state index >= 15 is 0 Å². The maximum Gasteiger partial charge on any atom is 0.239 e. The monoisotopic (exact) mass is 226 g/mol. The molecule has 2 N–H and O–H groups in total. The number of hydrogen-bond donors (Lipinski definition) is 2. The zero-order chi connectivity index (χ0) is 12.0. The van der Waals surface area contributed by atoms with Gasteiger partial charge in [0.1, 0.15) is 0 Å². The molecule has 94 valence electrons. The molecule has 1 aliphatic rings. The molecule has 3 heteroatoms. The van der Waals surface area contributed by atoms with Crippen molar-refractivity contribution in [3.63, 3.8) is 0 Å². The molecular weight excluding hydrogens is 200 g/mol. The Balaban J connectivity index is 2.17. The summed E-state index contributed by atoms with van der Waals surface area (Å²) in [6.07, 6.45) is 8.00. The first-order valence-electron chi connectivity index (χ1n) is 6.53. The summed E-state index contributed by atoms with van der Waals surface area (Å²) < 4.78 is 0. The fourth-order valence-corrected chi connectivity index (χ4v) is 2.20. The van der Waals surface area contributed by atoms with E-state index < -0.39 is 5.54 Å². The fourth-order valence-electron chi connectivity index (χ4n) is 2.20. The van der Waals surface area contributed by atoms with E-state index in [4.69, 9.17) is 0 Å². The van der Waals surface area contributed by atoms with Crippen LogP contribution in [0.1, 0.15) is 52.4 Å². The quantitative estimate of drug-likeness (QED) is 0.753. The van der Waals surface area contributed by atoms with E-state index in [0.29, 0.717) is 0 Å². The Bertz CT molecular complexity index is 220. The number of nitrogens with one attached hydrogen (secondary N) is 2. The van der Waals surface area contributed by atoms with Gasteiger partial charge in [0.25, 0.3) is 0 Å². The van der Waals surface area contributed by atoms with E-state index in [9.17, 15) is 4.79 Å². The Labute approximate surface area is 99.4 Å². The van der Waals surface area contributed by atoms with E-state index in [2.05, 4.69) is 10.6 Å². The molecule has 1 amide bonds. The summed E-state index contributed by atoms with van der Waals surface area (Å²) in [5.74, 6) is 0.942. The van der Waals surface area contributed by atoms with Crippen molar-refractivity contribution in [3.8, 4) is 0 Å². The molecule has 0 bridgehead atoms. The van der Waals surface area contributed by atoms with Crippen molar-refractivity contribution in [2.24, 2.45) is 5.92 Å². The molecule has 3 nitrogen and oxygen atoms in total. The lowest BCUT2D eigenvalue weighted by atomic mass is 9.87. The standard InChI is InChI=1S/C13H26N2O/c1-13(2,14-3)12(16)15-10-9-11-7-5-4-6-8-11/h11,14H,4-10H2,1-3H3,(H,15,16). The topological polar surface area (TPSA) is 41.1 Å². The van der Waals surface area contributed by atoms with Crippen molar-refractivity contribution in [2.75, 3.05) is 13.6 Å². The third-order valence-electron chi connectivity index (χ3n) is 3.76. The summed E-state index contributed by atoms with van der Waals surface area (Å²) >= 11 is 0. The average molecular weight is 226 g/mol.